The number of cyclic esters (lactones) is 1. The third-order valence-electron chi connectivity index (χ3n) is 5.93. The lowest BCUT2D eigenvalue weighted by Crippen LogP contribution is -2.38. The Hall–Kier alpha value is -3.34. The highest BCUT2D eigenvalue weighted by atomic mass is 32.2. The zero-order chi connectivity index (χ0) is 22.9. The minimum Gasteiger partial charge on any atom is -0.447 e. The molecule has 1 unspecified atom stereocenters. The molecule has 2 saturated heterocycles. The molecule has 2 fully saturated rings. The quantitative estimate of drug-likeness (QED) is 0.565. The topological polar surface area (TPSA) is 93.5 Å². The van der Waals surface area contributed by atoms with Gasteiger partial charge in [0.2, 0.25) is 0 Å². The van der Waals surface area contributed by atoms with Crippen molar-refractivity contribution in [2.45, 2.75) is 13.1 Å². The Labute approximate surface area is 192 Å². The number of rotatable bonds is 5. The molecular weight excluding hydrogens is 447 g/mol. The van der Waals surface area contributed by atoms with Crippen LogP contribution in [0, 0.1) is 12.7 Å². The first-order valence-electron chi connectivity index (χ1n) is 10.7. The number of aryl methyl sites for hydroxylation is 1. The highest BCUT2D eigenvalue weighted by Gasteiger charge is 2.33. The molecule has 1 atom stereocenters. The van der Waals surface area contributed by atoms with Crippen molar-refractivity contribution >= 4 is 22.7 Å². The van der Waals surface area contributed by atoms with Gasteiger partial charge in [-0.05, 0) is 30.7 Å². The van der Waals surface area contributed by atoms with Crippen LogP contribution in [-0.2, 0) is 15.5 Å². The van der Waals surface area contributed by atoms with Gasteiger partial charge in [-0.3, -0.25) is 9.11 Å². The number of nitrogens with zero attached hydrogens (tertiary/aromatic N) is 6. The lowest BCUT2D eigenvalue weighted by Gasteiger charge is -2.28. The molecule has 4 heterocycles. The summed E-state index contributed by atoms with van der Waals surface area (Å²) >= 11 is 0. The molecule has 2 aliphatic rings. The molecule has 9 nitrogen and oxygen atoms in total. The molecule has 0 bridgehead atoms. The van der Waals surface area contributed by atoms with Crippen molar-refractivity contribution in [3.63, 3.8) is 0 Å². The van der Waals surface area contributed by atoms with E-state index in [1.54, 1.807) is 18.3 Å². The molecule has 1 amide bonds. The molecule has 2 aromatic heterocycles. The maximum atomic E-state index is 15.3. The van der Waals surface area contributed by atoms with E-state index in [0.717, 1.165) is 5.82 Å². The second-order valence-corrected chi connectivity index (χ2v) is 9.64. The van der Waals surface area contributed by atoms with Crippen LogP contribution >= 0.6 is 0 Å². The van der Waals surface area contributed by atoms with Crippen molar-refractivity contribution in [1.82, 2.24) is 24.9 Å². The number of hydrogen-bond acceptors (Lipinski definition) is 7. The molecule has 0 saturated carbocycles. The van der Waals surface area contributed by atoms with Crippen molar-refractivity contribution < 1.29 is 18.1 Å². The Morgan fingerprint density at radius 1 is 1.12 bits per heavy atom. The van der Waals surface area contributed by atoms with Gasteiger partial charge in [0, 0.05) is 58.4 Å². The lowest BCUT2D eigenvalue weighted by molar-refractivity contribution is 0.139. The predicted molar refractivity (Wildman–Crippen MR) is 121 cm³/mol. The first-order chi connectivity index (χ1) is 16.0. The number of carbonyl (C=O) groups is 1. The van der Waals surface area contributed by atoms with Gasteiger partial charge in [0.05, 0.1) is 12.7 Å². The summed E-state index contributed by atoms with van der Waals surface area (Å²) in [5, 5.41) is 7.84. The summed E-state index contributed by atoms with van der Waals surface area (Å²) in [6.07, 6.45) is 2.01. The molecule has 11 heteroatoms. The van der Waals surface area contributed by atoms with E-state index < -0.39 is 28.9 Å². The molecule has 5 rings (SSSR count). The minimum absolute atomic E-state index is 0.273. The van der Waals surface area contributed by atoms with Crippen LogP contribution in [0.2, 0.25) is 0 Å². The summed E-state index contributed by atoms with van der Waals surface area (Å²) in [6, 6.07) is 8.64. The van der Waals surface area contributed by atoms with Gasteiger partial charge in [-0.15, -0.1) is 5.10 Å². The molecule has 0 N–H and O–H groups in total. The summed E-state index contributed by atoms with van der Waals surface area (Å²) in [7, 11) is -0.760. The van der Waals surface area contributed by atoms with Crippen LogP contribution in [0.3, 0.4) is 0 Å². The normalized spacial score (nSPS) is 17.9. The number of ether oxygens (including phenoxy) is 1. The van der Waals surface area contributed by atoms with Crippen LogP contribution in [0.4, 0.5) is 15.0 Å². The number of hydrogen-bond donors (Lipinski definition) is 0. The van der Waals surface area contributed by atoms with Crippen molar-refractivity contribution in [3.8, 4) is 11.1 Å². The number of halogens is 1. The van der Waals surface area contributed by atoms with E-state index in [1.165, 1.54) is 21.8 Å². The molecule has 1 aromatic carbocycles. The number of anilines is 1. The van der Waals surface area contributed by atoms with Crippen LogP contribution in [0.15, 0.2) is 42.7 Å². The third kappa shape index (κ3) is 4.20. The van der Waals surface area contributed by atoms with Gasteiger partial charge in [-0.2, -0.15) is 0 Å². The summed E-state index contributed by atoms with van der Waals surface area (Å²) in [5.74, 6) is 1.66. The number of aromatic nitrogens is 4. The van der Waals surface area contributed by atoms with Gasteiger partial charge in [0.1, 0.15) is 18.2 Å². The fourth-order valence-corrected chi connectivity index (χ4v) is 5.29. The molecule has 33 heavy (non-hydrogen) atoms. The SMILES string of the molecule is Cc1nc(N2CCS(=O)CC2)ccc1-c1ccc(C(N2CCOC2=O)n2ccnn2)cc1F. The number of benzene rings is 1. The monoisotopic (exact) mass is 470 g/mol. The van der Waals surface area contributed by atoms with Crippen LogP contribution in [0.5, 0.6) is 0 Å². The first kappa shape index (κ1) is 21.5. The highest BCUT2D eigenvalue weighted by molar-refractivity contribution is 7.85. The van der Waals surface area contributed by atoms with Gasteiger partial charge < -0.3 is 9.64 Å². The smallest absolute Gasteiger partial charge is 0.411 e. The maximum Gasteiger partial charge on any atom is 0.411 e. The van der Waals surface area contributed by atoms with E-state index in [1.807, 2.05) is 19.1 Å². The van der Waals surface area contributed by atoms with Crippen LogP contribution < -0.4 is 4.90 Å². The van der Waals surface area contributed by atoms with E-state index in [-0.39, 0.29) is 6.61 Å². The molecule has 0 aliphatic carbocycles. The summed E-state index contributed by atoms with van der Waals surface area (Å²) in [4.78, 5) is 20.5. The Morgan fingerprint density at radius 2 is 1.91 bits per heavy atom. The third-order valence-corrected chi connectivity index (χ3v) is 7.21. The van der Waals surface area contributed by atoms with Crippen molar-refractivity contribution in [3.05, 3.63) is 59.8 Å². The van der Waals surface area contributed by atoms with Gasteiger partial charge in [-0.25, -0.2) is 18.9 Å². The predicted octanol–water partition coefficient (Wildman–Crippen LogP) is 2.36. The number of carbonyl (C=O) groups excluding carboxylic acids is 1. The summed E-state index contributed by atoms with van der Waals surface area (Å²) < 4.78 is 33.6. The van der Waals surface area contributed by atoms with E-state index in [2.05, 4.69) is 20.2 Å². The lowest BCUT2D eigenvalue weighted by atomic mass is 10.0. The molecule has 172 valence electrons. The van der Waals surface area contributed by atoms with E-state index in [0.29, 0.717) is 53.5 Å². The fraction of sp³-hybridized carbons (Fsp3) is 0.364. The average Bonchev–Trinajstić information content (AvgIpc) is 3.48. The zero-order valence-electron chi connectivity index (χ0n) is 18.1. The second kappa shape index (κ2) is 8.89. The largest absolute Gasteiger partial charge is 0.447 e. The molecule has 2 aliphatic heterocycles. The Balaban J connectivity index is 1.45. The van der Waals surface area contributed by atoms with Crippen molar-refractivity contribution in [2.75, 3.05) is 42.6 Å². The van der Waals surface area contributed by atoms with E-state index in [9.17, 15) is 9.00 Å². The average molecular weight is 471 g/mol. The standard InChI is InChI=1S/C22H23FN6O3S/c1-15-17(4-5-20(25-15)27-9-12-33(31)13-10-27)18-3-2-16(14-19(18)23)21(29-7-6-24-26-29)28-8-11-32-22(28)30/h2-7,14,21H,8-13H2,1H3. The highest BCUT2D eigenvalue weighted by Crippen LogP contribution is 2.32. The molecule has 0 spiro atoms. The Kier molecular flexibility index (Phi) is 5.79. The second-order valence-electron chi connectivity index (χ2n) is 7.94. The van der Waals surface area contributed by atoms with Crippen LogP contribution in [-0.4, -0.2) is 72.9 Å². The van der Waals surface area contributed by atoms with Gasteiger partial charge in [-0.1, -0.05) is 17.3 Å². The van der Waals surface area contributed by atoms with E-state index in [4.69, 9.17) is 4.74 Å². The van der Waals surface area contributed by atoms with Gasteiger partial charge in [0.15, 0.2) is 6.17 Å². The summed E-state index contributed by atoms with van der Waals surface area (Å²) in [6.45, 7) is 3.90. The van der Waals surface area contributed by atoms with Gasteiger partial charge >= 0.3 is 6.09 Å². The van der Waals surface area contributed by atoms with Crippen molar-refractivity contribution in [1.29, 1.82) is 0 Å². The fourth-order valence-electron chi connectivity index (χ4n) is 4.24. The molecule has 3 aromatic rings. The van der Waals surface area contributed by atoms with E-state index >= 15 is 4.39 Å². The van der Waals surface area contributed by atoms with Crippen LogP contribution in [0.25, 0.3) is 11.1 Å². The summed E-state index contributed by atoms with van der Waals surface area (Å²) in [5.41, 5.74) is 2.39. The first-order valence-corrected chi connectivity index (χ1v) is 12.2. The maximum absolute atomic E-state index is 15.3. The Morgan fingerprint density at radius 3 is 2.55 bits per heavy atom. The zero-order valence-corrected chi connectivity index (χ0v) is 18.9. The van der Waals surface area contributed by atoms with Crippen LogP contribution in [0.1, 0.15) is 17.4 Å². The number of pyridine rings is 1. The molecule has 0 radical (unpaired) electrons. The number of amides is 1. The van der Waals surface area contributed by atoms with Crippen molar-refractivity contribution in [2.24, 2.45) is 0 Å². The van der Waals surface area contributed by atoms with Gasteiger partial charge in [0.25, 0.3) is 0 Å². The minimum atomic E-state index is -0.760. The Bertz CT molecular complexity index is 1190. The molecular formula is C22H23FN6O3S.